The Morgan fingerprint density at radius 3 is 2.43 bits per heavy atom. The van der Waals surface area contributed by atoms with Gasteiger partial charge in [-0.25, -0.2) is 0 Å². The van der Waals surface area contributed by atoms with Gasteiger partial charge in [-0.2, -0.15) is 13.2 Å². The number of carbonyl (C=O) groups excluding carboxylic acids is 1. The lowest BCUT2D eigenvalue weighted by molar-refractivity contribution is -0.137. The van der Waals surface area contributed by atoms with Crippen LogP contribution in [-0.2, 0) is 11.0 Å². The van der Waals surface area contributed by atoms with Gasteiger partial charge >= 0.3 is 6.18 Å². The third-order valence-corrected chi connectivity index (χ3v) is 4.80. The molecule has 3 rings (SSSR count). The van der Waals surface area contributed by atoms with Crippen molar-refractivity contribution in [1.82, 2.24) is 10.2 Å². The van der Waals surface area contributed by atoms with Crippen LogP contribution in [0.5, 0.6) is 0 Å². The van der Waals surface area contributed by atoms with Gasteiger partial charge in [0.25, 0.3) is 5.22 Å². The lowest BCUT2D eigenvalue weighted by Crippen LogP contribution is -2.14. The smallest absolute Gasteiger partial charge is 0.411 e. The van der Waals surface area contributed by atoms with Gasteiger partial charge in [0.2, 0.25) is 11.8 Å². The van der Waals surface area contributed by atoms with Crippen LogP contribution in [0.25, 0.3) is 11.5 Å². The lowest BCUT2D eigenvalue weighted by atomic mass is 10.1. The van der Waals surface area contributed by atoms with Crippen molar-refractivity contribution in [3.8, 4) is 11.5 Å². The fraction of sp³-hybridized carbons (Fsp3) is 0.211. The number of aromatic nitrogens is 2. The highest BCUT2D eigenvalue weighted by Gasteiger charge is 2.30. The van der Waals surface area contributed by atoms with Gasteiger partial charge in [-0.05, 0) is 61.4 Å². The van der Waals surface area contributed by atoms with Crippen molar-refractivity contribution < 1.29 is 22.4 Å². The molecule has 0 aliphatic carbocycles. The van der Waals surface area contributed by atoms with Crippen molar-refractivity contribution in [2.24, 2.45) is 0 Å². The molecule has 0 saturated carbocycles. The van der Waals surface area contributed by atoms with Crippen LogP contribution in [-0.4, -0.2) is 21.9 Å². The number of amides is 1. The summed E-state index contributed by atoms with van der Waals surface area (Å²) >= 11 is 1.05. The monoisotopic (exact) mass is 407 g/mol. The molecule has 9 heteroatoms. The van der Waals surface area contributed by atoms with Crippen LogP contribution in [0.15, 0.2) is 52.1 Å². The third kappa shape index (κ3) is 4.92. The maximum atomic E-state index is 12.5. The second-order valence-electron chi connectivity index (χ2n) is 6.08. The minimum atomic E-state index is -4.41. The van der Waals surface area contributed by atoms with E-state index in [2.05, 4.69) is 15.5 Å². The van der Waals surface area contributed by atoms with Crippen molar-refractivity contribution in [3.05, 3.63) is 59.2 Å². The molecule has 3 aromatic rings. The topological polar surface area (TPSA) is 68.0 Å². The zero-order chi connectivity index (χ0) is 20.3. The Hall–Kier alpha value is -2.81. The molecule has 0 saturated heterocycles. The molecule has 5 nitrogen and oxygen atoms in total. The first-order chi connectivity index (χ1) is 13.2. The number of aryl methyl sites for hydroxylation is 2. The Morgan fingerprint density at radius 1 is 1.07 bits per heavy atom. The Morgan fingerprint density at radius 2 is 1.79 bits per heavy atom. The average Bonchev–Trinajstić information content (AvgIpc) is 3.11. The molecule has 0 bridgehead atoms. The van der Waals surface area contributed by atoms with E-state index in [1.165, 1.54) is 12.1 Å². The number of benzene rings is 2. The summed E-state index contributed by atoms with van der Waals surface area (Å²) in [5.74, 6) is -0.0558. The second kappa shape index (κ2) is 8.05. The first-order valence-corrected chi connectivity index (χ1v) is 9.22. The minimum absolute atomic E-state index is 0.0183. The van der Waals surface area contributed by atoms with Crippen molar-refractivity contribution >= 4 is 23.4 Å². The first kappa shape index (κ1) is 19.9. The number of anilines is 1. The van der Waals surface area contributed by atoms with Crippen molar-refractivity contribution in [2.75, 3.05) is 11.1 Å². The van der Waals surface area contributed by atoms with E-state index in [1.54, 1.807) is 0 Å². The molecule has 0 spiro atoms. The van der Waals surface area contributed by atoms with E-state index >= 15 is 0 Å². The molecular weight excluding hydrogens is 391 g/mol. The highest BCUT2D eigenvalue weighted by atomic mass is 32.2. The molecule has 0 atom stereocenters. The third-order valence-electron chi connectivity index (χ3n) is 3.98. The molecular formula is C19H16F3N3O2S. The van der Waals surface area contributed by atoms with Crippen molar-refractivity contribution in [1.29, 1.82) is 0 Å². The molecule has 28 heavy (non-hydrogen) atoms. The molecule has 0 radical (unpaired) electrons. The zero-order valence-electron chi connectivity index (χ0n) is 15.0. The Kier molecular flexibility index (Phi) is 5.73. The molecule has 0 aliphatic heterocycles. The van der Waals surface area contributed by atoms with Crippen LogP contribution in [0.3, 0.4) is 0 Å². The normalized spacial score (nSPS) is 11.5. The minimum Gasteiger partial charge on any atom is -0.411 e. The van der Waals surface area contributed by atoms with Gasteiger partial charge < -0.3 is 9.73 Å². The van der Waals surface area contributed by atoms with E-state index in [1.807, 2.05) is 32.0 Å². The number of hydrogen-bond acceptors (Lipinski definition) is 5. The van der Waals surface area contributed by atoms with Gasteiger partial charge in [-0.1, -0.05) is 17.8 Å². The summed E-state index contributed by atoms with van der Waals surface area (Å²) in [6.07, 6.45) is -4.41. The number of rotatable bonds is 5. The largest absolute Gasteiger partial charge is 0.416 e. The number of thioether (sulfide) groups is 1. The zero-order valence-corrected chi connectivity index (χ0v) is 15.8. The summed E-state index contributed by atoms with van der Waals surface area (Å²) in [5, 5.41) is 10.6. The predicted molar refractivity (Wildman–Crippen MR) is 100 cm³/mol. The maximum Gasteiger partial charge on any atom is 0.416 e. The summed E-state index contributed by atoms with van der Waals surface area (Å²) in [5.41, 5.74) is 2.54. The first-order valence-electron chi connectivity index (χ1n) is 8.23. The number of halogens is 3. The van der Waals surface area contributed by atoms with Crippen molar-refractivity contribution in [2.45, 2.75) is 25.2 Å². The summed E-state index contributed by atoms with van der Waals surface area (Å²) in [6, 6.07) is 10.0. The predicted octanol–water partition coefficient (Wildman–Crippen LogP) is 5.10. The van der Waals surface area contributed by atoms with E-state index in [0.29, 0.717) is 5.89 Å². The molecule has 0 fully saturated rings. The number of hydrogen-bond donors (Lipinski definition) is 1. The summed E-state index contributed by atoms with van der Waals surface area (Å²) in [4.78, 5) is 12.0. The highest BCUT2D eigenvalue weighted by molar-refractivity contribution is 7.99. The van der Waals surface area contributed by atoms with Crippen LogP contribution in [0, 0.1) is 13.8 Å². The average molecular weight is 407 g/mol. The van der Waals surface area contributed by atoms with Gasteiger partial charge in [-0.15, -0.1) is 10.2 Å². The fourth-order valence-electron chi connectivity index (χ4n) is 2.33. The summed E-state index contributed by atoms with van der Waals surface area (Å²) in [7, 11) is 0. The highest BCUT2D eigenvalue weighted by Crippen LogP contribution is 2.30. The van der Waals surface area contributed by atoms with Crippen LogP contribution in [0.4, 0.5) is 18.9 Å². The summed E-state index contributed by atoms with van der Waals surface area (Å²) < 4.78 is 43.2. The van der Waals surface area contributed by atoms with Crippen LogP contribution in [0.2, 0.25) is 0 Å². The van der Waals surface area contributed by atoms with Gasteiger partial charge in [0, 0.05) is 11.3 Å². The van der Waals surface area contributed by atoms with Crippen LogP contribution >= 0.6 is 11.8 Å². The molecule has 1 amide bonds. The maximum absolute atomic E-state index is 12.5. The molecule has 1 aromatic heterocycles. The molecule has 2 aromatic carbocycles. The molecule has 146 valence electrons. The van der Waals surface area contributed by atoms with Gasteiger partial charge in [0.05, 0.1) is 11.3 Å². The Bertz CT molecular complexity index is 985. The number of carbonyl (C=O) groups is 1. The van der Waals surface area contributed by atoms with Gasteiger partial charge in [-0.3, -0.25) is 4.79 Å². The van der Waals surface area contributed by atoms with Gasteiger partial charge in [0.15, 0.2) is 0 Å². The Balaban J connectivity index is 1.56. The molecule has 0 unspecified atom stereocenters. The standard InChI is InChI=1S/C19H16F3N3O2S/c1-11-3-4-13(9-12(11)2)17-24-25-18(27-17)28-10-16(26)23-15-7-5-14(6-8-15)19(20,21)22/h3-9H,10H2,1-2H3,(H,23,26). The number of alkyl halides is 3. The molecule has 1 heterocycles. The van der Waals surface area contributed by atoms with E-state index in [9.17, 15) is 18.0 Å². The quantitative estimate of drug-likeness (QED) is 0.596. The van der Waals surface area contributed by atoms with Crippen LogP contribution in [0.1, 0.15) is 16.7 Å². The number of nitrogens with zero attached hydrogens (tertiary/aromatic N) is 2. The van der Waals surface area contributed by atoms with E-state index in [-0.39, 0.29) is 16.7 Å². The number of nitrogens with one attached hydrogen (secondary N) is 1. The van der Waals surface area contributed by atoms with E-state index in [0.717, 1.165) is 40.6 Å². The Labute approximate surface area is 163 Å². The second-order valence-corrected chi connectivity index (χ2v) is 7.01. The fourth-order valence-corrected chi connectivity index (χ4v) is 2.89. The molecule has 0 aliphatic rings. The van der Waals surface area contributed by atoms with Gasteiger partial charge in [0.1, 0.15) is 0 Å². The SMILES string of the molecule is Cc1ccc(-c2nnc(SCC(=O)Nc3ccc(C(F)(F)F)cc3)o2)cc1C. The molecule has 1 N–H and O–H groups in total. The van der Waals surface area contributed by atoms with Crippen molar-refractivity contribution in [3.63, 3.8) is 0 Å². The van der Waals surface area contributed by atoms with Crippen LogP contribution < -0.4 is 5.32 Å². The van der Waals surface area contributed by atoms with E-state index < -0.39 is 17.6 Å². The van der Waals surface area contributed by atoms with E-state index in [4.69, 9.17) is 4.42 Å². The summed E-state index contributed by atoms with van der Waals surface area (Å²) in [6.45, 7) is 3.99. The lowest BCUT2D eigenvalue weighted by Gasteiger charge is -2.08.